The molecule has 1 N–H and O–H groups in total. The van der Waals surface area contributed by atoms with Gasteiger partial charge in [0, 0.05) is 6.54 Å². The minimum Gasteiger partial charge on any atom is -0.496 e. The SMILES string of the molecule is COc1cccc(OC)c1C(=O)NCCCc1cccc(OC(C)C)c1. The number of benzene rings is 2. The number of hydrogen-bond donors (Lipinski definition) is 1. The molecule has 0 aliphatic carbocycles. The number of aryl methyl sites for hydroxylation is 1. The van der Waals surface area contributed by atoms with Crippen molar-refractivity contribution < 1.29 is 19.0 Å². The summed E-state index contributed by atoms with van der Waals surface area (Å²) in [6, 6.07) is 13.4. The maximum Gasteiger partial charge on any atom is 0.258 e. The van der Waals surface area contributed by atoms with Gasteiger partial charge in [0.05, 0.1) is 20.3 Å². The van der Waals surface area contributed by atoms with E-state index in [4.69, 9.17) is 14.2 Å². The Balaban J connectivity index is 1.90. The minimum absolute atomic E-state index is 0.153. The first kappa shape index (κ1) is 19.6. The van der Waals surface area contributed by atoms with Crippen LogP contribution in [0.3, 0.4) is 0 Å². The molecule has 2 aromatic carbocycles. The molecule has 0 heterocycles. The molecule has 0 atom stereocenters. The Morgan fingerprint density at radius 3 is 2.31 bits per heavy atom. The molecule has 0 spiro atoms. The number of amides is 1. The molecular formula is C21H27NO4. The highest BCUT2D eigenvalue weighted by atomic mass is 16.5. The highest BCUT2D eigenvalue weighted by Crippen LogP contribution is 2.27. The normalized spacial score (nSPS) is 10.5. The van der Waals surface area contributed by atoms with Crippen LogP contribution >= 0.6 is 0 Å². The first-order valence-corrected chi connectivity index (χ1v) is 8.80. The van der Waals surface area contributed by atoms with E-state index in [2.05, 4.69) is 11.4 Å². The Labute approximate surface area is 155 Å². The summed E-state index contributed by atoms with van der Waals surface area (Å²) in [5.41, 5.74) is 1.61. The zero-order chi connectivity index (χ0) is 18.9. The molecule has 0 radical (unpaired) electrons. The van der Waals surface area contributed by atoms with Crippen LogP contribution in [0.25, 0.3) is 0 Å². The molecule has 0 bridgehead atoms. The number of methoxy groups -OCH3 is 2. The fourth-order valence-corrected chi connectivity index (χ4v) is 2.70. The number of nitrogens with one attached hydrogen (secondary N) is 1. The largest absolute Gasteiger partial charge is 0.496 e. The van der Waals surface area contributed by atoms with Crippen LogP contribution in [0.15, 0.2) is 42.5 Å². The van der Waals surface area contributed by atoms with E-state index in [1.807, 2.05) is 32.0 Å². The third kappa shape index (κ3) is 5.41. The molecular weight excluding hydrogens is 330 g/mol. The molecule has 140 valence electrons. The quantitative estimate of drug-likeness (QED) is 0.693. The van der Waals surface area contributed by atoms with E-state index in [1.54, 1.807) is 18.2 Å². The van der Waals surface area contributed by atoms with E-state index < -0.39 is 0 Å². The molecule has 2 aromatic rings. The standard InChI is InChI=1S/C21H27NO4/c1-15(2)26-17-10-5-8-16(14-17)9-7-13-22-21(23)20-18(24-3)11-6-12-19(20)25-4/h5-6,8,10-12,14-15H,7,9,13H2,1-4H3,(H,22,23). The Hall–Kier alpha value is -2.69. The van der Waals surface area contributed by atoms with Crippen LogP contribution in [0, 0.1) is 0 Å². The molecule has 0 unspecified atom stereocenters. The maximum atomic E-state index is 12.5. The maximum absolute atomic E-state index is 12.5. The van der Waals surface area contributed by atoms with Crippen molar-refractivity contribution in [3.8, 4) is 17.2 Å². The summed E-state index contributed by atoms with van der Waals surface area (Å²) in [4.78, 5) is 12.5. The van der Waals surface area contributed by atoms with E-state index in [0.717, 1.165) is 18.6 Å². The number of rotatable bonds is 9. The highest BCUT2D eigenvalue weighted by molar-refractivity contribution is 5.99. The van der Waals surface area contributed by atoms with Crippen LogP contribution in [0.5, 0.6) is 17.2 Å². The molecule has 0 aliphatic heterocycles. The van der Waals surface area contributed by atoms with Crippen LogP contribution in [0.4, 0.5) is 0 Å². The van der Waals surface area contributed by atoms with Crippen molar-refractivity contribution in [1.82, 2.24) is 5.32 Å². The third-order valence-corrected chi connectivity index (χ3v) is 3.85. The molecule has 0 fully saturated rings. The van der Waals surface area contributed by atoms with Crippen LogP contribution < -0.4 is 19.5 Å². The van der Waals surface area contributed by atoms with Gasteiger partial charge in [0.15, 0.2) is 0 Å². The van der Waals surface area contributed by atoms with Gasteiger partial charge >= 0.3 is 0 Å². The van der Waals surface area contributed by atoms with Crippen molar-refractivity contribution >= 4 is 5.91 Å². The Kier molecular flexibility index (Phi) is 7.33. The molecule has 2 rings (SSSR count). The van der Waals surface area contributed by atoms with Gasteiger partial charge in [-0.2, -0.15) is 0 Å². The Morgan fingerprint density at radius 1 is 1.04 bits per heavy atom. The lowest BCUT2D eigenvalue weighted by atomic mass is 10.1. The van der Waals surface area contributed by atoms with E-state index in [-0.39, 0.29) is 12.0 Å². The van der Waals surface area contributed by atoms with E-state index in [0.29, 0.717) is 23.6 Å². The van der Waals surface area contributed by atoms with Gasteiger partial charge in [-0.3, -0.25) is 4.79 Å². The Morgan fingerprint density at radius 2 is 1.69 bits per heavy atom. The lowest BCUT2D eigenvalue weighted by molar-refractivity contribution is 0.0947. The molecule has 0 aliphatic rings. The van der Waals surface area contributed by atoms with E-state index >= 15 is 0 Å². The number of hydrogen-bond acceptors (Lipinski definition) is 4. The van der Waals surface area contributed by atoms with Crippen molar-refractivity contribution in [2.75, 3.05) is 20.8 Å². The number of carbonyl (C=O) groups is 1. The molecule has 1 amide bonds. The first-order chi connectivity index (χ1) is 12.5. The molecule has 0 aromatic heterocycles. The van der Waals surface area contributed by atoms with Crippen molar-refractivity contribution in [2.24, 2.45) is 0 Å². The average Bonchev–Trinajstić information content (AvgIpc) is 2.64. The summed E-state index contributed by atoms with van der Waals surface area (Å²) in [5.74, 6) is 1.68. The second kappa shape index (κ2) is 9.70. The fraction of sp³-hybridized carbons (Fsp3) is 0.381. The summed E-state index contributed by atoms with van der Waals surface area (Å²) in [5, 5.41) is 2.94. The van der Waals surface area contributed by atoms with Crippen molar-refractivity contribution in [3.05, 3.63) is 53.6 Å². The summed E-state index contributed by atoms with van der Waals surface area (Å²) in [7, 11) is 3.08. The second-order valence-corrected chi connectivity index (χ2v) is 6.21. The van der Waals surface area contributed by atoms with Crippen molar-refractivity contribution in [1.29, 1.82) is 0 Å². The van der Waals surface area contributed by atoms with Gasteiger partial charge in [0.2, 0.25) is 0 Å². The predicted octanol–water partition coefficient (Wildman–Crippen LogP) is 3.85. The van der Waals surface area contributed by atoms with Gasteiger partial charge < -0.3 is 19.5 Å². The Bertz CT molecular complexity index is 705. The highest BCUT2D eigenvalue weighted by Gasteiger charge is 2.17. The van der Waals surface area contributed by atoms with Crippen LogP contribution in [-0.2, 0) is 6.42 Å². The summed E-state index contributed by atoms with van der Waals surface area (Å²) < 4.78 is 16.3. The summed E-state index contributed by atoms with van der Waals surface area (Å²) >= 11 is 0. The lowest BCUT2D eigenvalue weighted by Crippen LogP contribution is -2.25. The smallest absolute Gasteiger partial charge is 0.258 e. The zero-order valence-corrected chi connectivity index (χ0v) is 15.9. The van der Waals surface area contributed by atoms with E-state index in [9.17, 15) is 4.79 Å². The van der Waals surface area contributed by atoms with Crippen LogP contribution in [0.2, 0.25) is 0 Å². The van der Waals surface area contributed by atoms with Crippen LogP contribution in [0.1, 0.15) is 36.2 Å². The number of ether oxygens (including phenoxy) is 3. The van der Waals surface area contributed by atoms with Crippen LogP contribution in [-0.4, -0.2) is 32.8 Å². The second-order valence-electron chi connectivity index (χ2n) is 6.21. The average molecular weight is 357 g/mol. The molecule has 26 heavy (non-hydrogen) atoms. The van der Waals surface area contributed by atoms with Gasteiger partial charge in [0.1, 0.15) is 22.8 Å². The van der Waals surface area contributed by atoms with Crippen molar-refractivity contribution in [2.45, 2.75) is 32.8 Å². The zero-order valence-electron chi connectivity index (χ0n) is 15.9. The van der Waals surface area contributed by atoms with Gasteiger partial charge in [-0.1, -0.05) is 18.2 Å². The lowest BCUT2D eigenvalue weighted by Gasteiger charge is -2.13. The fourth-order valence-electron chi connectivity index (χ4n) is 2.70. The summed E-state index contributed by atoms with van der Waals surface area (Å²) in [6.45, 7) is 4.58. The number of carbonyl (C=O) groups excluding carboxylic acids is 1. The minimum atomic E-state index is -0.198. The monoisotopic (exact) mass is 357 g/mol. The predicted molar refractivity (Wildman–Crippen MR) is 102 cm³/mol. The topological polar surface area (TPSA) is 56.8 Å². The van der Waals surface area contributed by atoms with Gasteiger partial charge in [-0.05, 0) is 56.5 Å². The van der Waals surface area contributed by atoms with Gasteiger partial charge in [0.25, 0.3) is 5.91 Å². The first-order valence-electron chi connectivity index (χ1n) is 8.80. The molecule has 5 nitrogen and oxygen atoms in total. The summed E-state index contributed by atoms with van der Waals surface area (Å²) in [6.07, 6.45) is 1.84. The molecule has 0 saturated heterocycles. The van der Waals surface area contributed by atoms with Gasteiger partial charge in [-0.25, -0.2) is 0 Å². The van der Waals surface area contributed by atoms with E-state index in [1.165, 1.54) is 19.8 Å². The van der Waals surface area contributed by atoms with Crippen molar-refractivity contribution in [3.63, 3.8) is 0 Å². The van der Waals surface area contributed by atoms with Gasteiger partial charge in [-0.15, -0.1) is 0 Å². The molecule has 5 heteroatoms. The third-order valence-electron chi connectivity index (χ3n) is 3.85. The molecule has 0 saturated carbocycles.